The number of nitrogens with one attached hydrogen (secondary N) is 2. The fourth-order valence-electron chi connectivity index (χ4n) is 2.18. The van der Waals surface area contributed by atoms with Crippen molar-refractivity contribution in [1.29, 1.82) is 0 Å². The quantitative estimate of drug-likeness (QED) is 0.728. The third-order valence-electron chi connectivity index (χ3n) is 3.32. The highest BCUT2D eigenvalue weighted by Gasteiger charge is 2.20. The molecule has 0 spiro atoms. The number of nitrogens with zero attached hydrogens (tertiary/aromatic N) is 3. The lowest BCUT2D eigenvalue weighted by Crippen LogP contribution is -2.25. The first-order chi connectivity index (χ1) is 12.1. The summed E-state index contributed by atoms with van der Waals surface area (Å²) in [4.78, 5) is 24.0. The van der Waals surface area contributed by atoms with E-state index in [0.717, 1.165) is 5.69 Å². The summed E-state index contributed by atoms with van der Waals surface area (Å²) in [6.45, 7) is 2.56. The zero-order valence-electron chi connectivity index (χ0n) is 14.1. The van der Waals surface area contributed by atoms with Gasteiger partial charge in [-0.2, -0.15) is 11.8 Å². The Balaban J connectivity index is 2.32. The summed E-state index contributed by atoms with van der Waals surface area (Å²) in [5.41, 5.74) is 2.20. The van der Waals surface area contributed by atoms with Crippen LogP contribution in [0, 0.1) is 12.3 Å². The van der Waals surface area contributed by atoms with Crippen molar-refractivity contribution >= 4 is 23.6 Å². The van der Waals surface area contributed by atoms with Gasteiger partial charge in [0.15, 0.2) is 5.69 Å². The summed E-state index contributed by atoms with van der Waals surface area (Å²) >= 11 is 1.55. The number of hydrogen-bond acceptors (Lipinski definition) is 5. The van der Waals surface area contributed by atoms with Gasteiger partial charge in [0, 0.05) is 17.9 Å². The van der Waals surface area contributed by atoms with Crippen molar-refractivity contribution in [2.24, 2.45) is 0 Å². The Morgan fingerprint density at radius 3 is 2.56 bits per heavy atom. The predicted molar refractivity (Wildman–Crippen MR) is 97.8 cm³/mol. The molecule has 0 saturated heterocycles. The molecule has 2 aromatic rings. The Morgan fingerprint density at radius 2 is 1.96 bits per heavy atom. The second-order valence-corrected chi connectivity index (χ2v) is 5.89. The molecule has 0 saturated carbocycles. The summed E-state index contributed by atoms with van der Waals surface area (Å²) in [5, 5.41) is 13.4. The minimum atomic E-state index is -0.354. The molecule has 0 bridgehead atoms. The van der Waals surface area contributed by atoms with E-state index in [-0.39, 0.29) is 24.1 Å². The molecule has 7 nitrogen and oxygen atoms in total. The Morgan fingerprint density at radius 1 is 1.24 bits per heavy atom. The average Bonchev–Trinajstić information content (AvgIpc) is 3.04. The van der Waals surface area contributed by atoms with E-state index in [1.807, 2.05) is 13.2 Å². The second kappa shape index (κ2) is 8.89. The third-order valence-corrected chi connectivity index (χ3v) is 3.88. The lowest BCUT2D eigenvalue weighted by atomic mass is 10.2. The minimum Gasteiger partial charge on any atom is -0.352 e. The smallest absolute Gasteiger partial charge is 0.274 e. The van der Waals surface area contributed by atoms with Crippen molar-refractivity contribution in [3.8, 4) is 18.0 Å². The maximum atomic E-state index is 12.2. The standard InChI is InChI=1S/C17H19N5O2S/c1-4-10-19-17(24)15-14(11-25-3)22(21-20-15)13-8-6-12(7-9-13)16(23)18-5-2/h1,6-9H,5,10-11H2,2-3H3,(H,18,23)(H,19,24). The molecule has 0 unspecified atom stereocenters. The summed E-state index contributed by atoms with van der Waals surface area (Å²) in [7, 11) is 0. The molecule has 8 heteroatoms. The molecule has 2 N–H and O–H groups in total. The molecule has 1 aromatic carbocycles. The fourth-order valence-corrected chi connectivity index (χ4v) is 2.72. The van der Waals surface area contributed by atoms with E-state index in [9.17, 15) is 9.59 Å². The minimum absolute atomic E-state index is 0.131. The zero-order chi connectivity index (χ0) is 18.2. The van der Waals surface area contributed by atoms with E-state index < -0.39 is 0 Å². The Kier molecular flexibility index (Phi) is 6.60. The maximum Gasteiger partial charge on any atom is 0.274 e. The number of amides is 2. The first-order valence-electron chi connectivity index (χ1n) is 7.66. The normalized spacial score (nSPS) is 10.1. The van der Waals surface area contributed by atoms with Crippen LogP contribution in [0.2, 0.25) is 0 Å². The molecule has 0 aliphatic heterocycles. The molecule has 1 heterocycles. The summed E-state index contributed by atoms with van der Waals surface area (Å²) < 4.78 is 1.60. The molecule has 1 aromatic heterocycles. The van der Waals surface area contributed by atoms with Gasteiger partial charge in [0.25, 0.3) is 11.8 Å². The molecule has 25 heavy (non-hydrogen) atoms. The number of benzene rings is 1. The highest BCUT2D eigenvalue weighted by Crippen LogP contribution is 2.18. The first-order valence-corrected chi connectivity index (χ1v) is 9.05. The van der Waals surface area contributed by atoms with Crippen LogP contribution in [0.25, 0.3) is 5.69 Å². The Bertz CT molecular complexity index is 792. The van der Waals surface area contributed by atoms with Gasteiger partial charge in [0.2, 0.25) is 0 Å². The zero-order valence-corrected chi connectivity index (χ0v) is 14.9. The molecular formula is C17H19N5O2S. The van der Waals surface area contributed by atoms with Crippen molar-refractivity contribution in [2.45, 2.75) is 12.7 Å². The Labute approximate surface area is 150 Å². The van der Waals surface area contributed by atoms with Gasteiger partial charge in [-0.05, 0) is 37.4 Å². The molecule has 0 atom stereocenters. The molecular weight excluding hydrogens is 338 g/mol. The number of rotatable bonds is 7. The SMILES string of the molecule is C#CCNC(=O)c1nnn(-c2ccc(C(=O)NCC)cc2)c1CSC. The van der Waals surface area contributed by atoms with E-state index in [1.165, 1.54) is 0 Å². The fraction of sp³-hybridized carbons (Fsp3) is 0.294. The van der Waals surface area contributed by atoms with Gasteiger partial charge in [-0.3, -0.25) is 9.59 Å². The molecule has 130 valence electrons. The number of aromatic nitrogens is 3. The molecule has 0 aliphatic carbocycles. The largest absolute Gasteiger partial charge is 0.352 e. The summed E-state index contributed by atoms with van der Waals surface area (Å²) in [6.07, 6.45) is 7.09. The van der Waals surface area contributed by atoms with Crippen LogP contribution in [0.15, 0.2) is 24.3 Å². The predicted octanol–water partition coefficient (Wildman–Crippen LogP) is 1.24. The van der Waals surface area contributed by atoms with Crippen molar-refractivity contribution in [2.75, 3.05) is 19.3 Å². The van der Waals surface area contributed by atoms with E-state index >= 15 is 0 Å². The number of thioether (sulfide) groups is 1. The summed E-state index contributed by atoms with van der Waals surface area (Å²) in [6, 6.07) is 6.96. The molecule has 2 rings (SSSR count). The average molecular weight is 357 g/mol. The lowest BCUT2D eigenvalue weighted by Gasteiger charge is -2.08. The van der Waals surface area contributed by atoms with Crippen molar-refractivity contribution in [1.82, 2.24) is 25.6 Å². The first kappa shape index (κ1) is 18.5. The van der Waals surface area contributed by atoms with Crippen molar-refractivity contribution in [3.63, 3.8) is 0 Å². The Hall–Kier alpha value is -2.79. The van der Waals surface area contributed by atoms with Crippen LogP contribution in [-0.4, -0.2) is 46.2 Å². The van der Waals surface area contributed by atoms with Crippen LogP contribution in [0.4, 0.5) is 0 Å². The topological polar surface area (TPSA) is 88.9 Å². The van der Waals surface area contributed by atoms with E-state index in [4.69, 9.17) is 6.42 Å². The van der Waals surface area contributed by atoms with E-state index in [1.54, 1.807) is 40.7 Å². The van der Waals surface area contributed by atoms with Crippen LogP contribution in [0.3, 0.4) is 0 Å². The van der Waals surface area contributed by atoms with Gasteiger partial charge < -0.3 is 10.6 Å². The monoisotopic (exact) mass is 357 g/mol. The van der Waals surface area contributed by atoms with Gasteiger partial charge >= 0.3 is 0 Å². The van der Waals surface area contributed by atoms with Crippen LogP contribution < -0.4 is 10.6 Å². The molecule has 0 radical (unpaired) electrons. The van der Waals surface area contributed by atoms with Crippen molar-refractivity contribution in [3.05, 3.63) is 41.2 Å². The number of terminal acetylenes is 1. The van der Waals surface area contributed by atoms with Crippen LogP contribution in [-0.2, 0) is 5.75 Å². The maximum absolute atomic E-state index is 12.2. The highest BCUT2D eigenvalue weighted by molar-refractivity contribution is 7.97. The molecule has 0 fully saturated rings. The van der Waals surface area contributed by atoms with E-state index in [0.29, 0.717) is 23.6 Å². The van der Waals surface area contributed by atoms with Gasteiger partial charge in [-0.25, -0.2) is 4.68 Å². The molecule has 0 aliphatic rings. The van der Waals surface area contributed by atoms with Gasteiger partial charge in [-0.1, -0.05) is 11.1 Å². The van der Waals surface area contributed by atoms with Crippen molar-refractivity contribution < 1.29 is 9.59 Å². The summed E-state index contributed by atoms with van der Waals surface area (Å²) in [5.74, 6) is 2.43. The number of carbonyl (C=O) groups is 2. The third kappa shape index (κ3) is 4.39. The van der Waals surface area contributed by atoms with Gasteiger partial charge in [0.05, 0.1) is 17.9 Å². The van der Waals surface area contributed by atoms with Gasteiger partial charge in [0.1, 0.15) is 0 Å². The molecule has 2 amide bonds. The van der Waals surface area contributed by atoms with Crippen LogP contribution >= 0.6 is 11.8 Å². The van der Waals surface area contributed by atoms with Gasteiger partial charge in [-0.15, -0.1) is 11.5 Å². The van der Waals surface area contributed by atoms with Crippen LogP contribution in [0.5, 0.6) is 0 Å². The number of hydrogen-bond donors (Lipinski definition) is 2. The second-order valence-electron chi connectivity index (χ2n) is 5.02. The number of carbonyl (C=O) groups excluding carboxylic acids is 2. The lowest BCUT2D eigenvalue weighted by molar-refractivity contribution is 0.0946. The van der Waals surface area contributed by atoms with E-state index in [2.05, 4.69) is 26.9 Å². The van der Waals surface area contributed by atoms with Crippen LogP contribution in [0.1, 0.15) is 33.5 Å². The highest BCUT2D eigenvalue weighted by atomic mass is 32.2.